The first-order valence-electron chi connectivity index (χ1n) is 6.35. The maximum Gasteiger partial charge on any atom is 0.337 e. The fourth-order valence-corrected chi connectivity index (χ4v) is 1.97. The van der Waals surface area contributed by atoms with E-state index in [0.29, 0.717) is 0 Å². The van der Waals surface area contributed by atoms with Gasteiger partial charge in [-0.3, -0.25) is 4.79 Å². The lowest BCUT2D eigenvalue weighted by Crippen LogP contribution is -2.16. The van der Waals surface area contributed by atoms with Gasteiger partial charge in [0.15, 0.2) is 0 Å². The molecule has 2 aromatic carbocycles. The SMILES string of the molecule is N#Cc1cc(NC(=O)c2ccccc2C(=O)O)ccc1C(=O)O. The number of carbonyl (C=O) groups excluding carboxylic acids is 1. The van der Waals surface area contributed by atoms with Gasteiger partial charge in [0, 0.05) is 5.69 Å². The van der Waals surface area contributed by atoms with Crippen molar-refractivity contribution >= 4 is 23.5 Å². The molecule has 23 heavy (non-hydrogen) atoms. The van der Waals surface area contributed by atoms with Crippen LogP contribution in [0.25, 0.3) is 0 Å². The van der Waals surface area contributed by atoms with E-state index in [1.54, 1.807) is 6.07 Å². The normalized spacial score (nSPS) is 9.70. The summed E-state index contributed by atoms with van der Waals surface area (Å²) >= 11 is 0. The van der Waals surface area contributed by atoms with Crippen LogP contribution in [0, 0.1) is 11.3 Å². The lowest BCUT2D eigenvalue weighted by molar-refractivity contribution is 0.0684. The molecule has 0 aliphatic carbocycles. The Hall–Kier alpha value is -3.66. The molecular weight excluding hydrogens is 300 g/mol. The predicted octanol–water partition coefficient (Wildman–Crippen LogP) is 2.21. The highest BCUT2D eigenvalue weighted by molar-refractivity contribution is 6.10. The van der Waals surface area contributed by atoms with Crippen molar-refractivity contribution in [3.05, 3.63) is 64.7 Å². The van der Waals surface area contributed by atoms with Crippen molar-refractivity contribution in [3.8, 4) is 6.07 Å². The minimum atomic E-state index is -1.25. The summed E-state index contributed by atoms with van der Waals surface area (Å²) in [6, 6.07) is 11.1. The molecule has 2 aromatic rings. The van der Waals surface area contributed by atoms with Crippen LogP contribution in [0.4, 0.5) is 5.69 Å². The van der Waals surface area contributed by atoms with Crippen LogP contribution in [0.5, 0.6) is 0 Å². The summed E-state index contributed by atoms with van der Waals surface area (Å²) in [6.45, 7) is 0. The zero-order valence-electron chi connectivity index (χ0n) is 11.6. The summed E-state index contributed by atoms with van der Waals surface area (Å²) in [4.78, 5) is 34.2. The Morgan fingerprint density at radius 2 is 1.52 bits per heavy atom. The Bertz CT molecular complexity index is 852. The highest BCUT2D eigenvalue weighted by atomic mass is 16.4. The van der Waals surface area contributed by atoms with Gasteiger partial charge in [0.25, 0.3) is 5.91 Å². The van der Waals surface area contributed by atoms with Crippen LogP contribution in [-0.4, -0.2) is 28.1 Å². The van der Waals surface area contributed by atoms with Crippen LogP contribution in [-0.2, 0) is 0 Å². The number of hydrogen-bond acceptors (Lipinski definition) is 4. The van der Waals surface area contributed by atoms with E-state index in [-0.39, 0.29) is 27.9 Å². The molecule has 0 saturated carbocycles. The topological polar surface area (TPSA) is 127 Å². The largest absolute Gasteiger partial charge is 0.478 e. The number of carbonyl (C=O) groups is 3. The maximum atomic E-state index is 12.2. The fourth-order valence-electron chi connectivity index (χ4n) is 1.97. The van der Waals surface area contributed by atoms with Gasteiger partial charge >= 0.3 is 11.9 Å². The summed E-state index contributed by atoms with van der Waals surface area (Å²) in [6.07, 6.45) is 0. The fraction of sp³-hybridized carbons (Fsp3) is 0. The maximum absolute atomic E-state index is 12.2. The van der Waals surface area contributed by atoms with E-state index in [4.69, 9.17) is 15.5 Å². The molecule has 0 aliphatic heterocycles. The number of carboxylic acids is 2. The smallest absolute Gasteiger partial charge is 0.337 e. The summed E-state index contributed by atoms with van der Waals surface area (Å²) in [5, 5.41) is 29.4. The second-order valence-corrected chi connectivity index (χ2v) is 4.48. The van der Waals surface area contributed by atoms with Crippen molar-refractivity contribution in [3.63, 3.8) is 0 Å². The Morgan fingerprint density at radius 3 is 2.09 bits per heavy atom. The summed E-state index contributed by atoms with van der Waals surface area (Å²) in [5.41, 5.74) is -0.302. The summed E-state index contributed by atoms with van der Waals surface area (Å²) in [7, 11) is 0. The first kappa shape index (κ1) is 15.7. The van der Waals surface area contributed by atoms with E-state index < -0.39 is 17.8 Å². The molecule has 7 nitrogen and oxygen atoms in total. The molecular formula is C16H10N2O5. The molecule has 0 heterocycles. The Morgan fingerprint density at radius 1 is 0.913 bits per heavy atom. The molecule has 0 unspecified atom stereocenters. The lowest BCUT2D eigenvalue weighted by Gasteiger charge is -2.08. The van der Waals surface area contributed by atoms with Gasteiger partial charge in [0.05, 0.1) is 22.3 Å². The van der Waals surface area contributed by atoms with Crippen LogP contribution in [0.2, 0.25) is 0 Å². The summed E-state index contributed by atoms with van der Waals surface area (Å²) < 4.78 is 0. The highest BCUT2D eigenvalue weighted by Gasteiger charge is 2.17. The van der Waals surface area contributed by atoms with Crippen molar-refractivity contribution in [2.24, 2.45) is 0 Å². The Labute approximate surface area is 130 Å². The van der Waals surface area contributed by atoms with Crippen molar-refractivity contribution in [2.75, 3.05) is 5.32 Å². The average molecular weight is 310 g/mol. The number of nitrogens with zero attached hydrogens (tertiary/aromatic N) is 1. The van der Waals surface area contributed by atoms with Gasteiger partial charge in [-0.05, 0) is 30.3 Å². The molecule has 0 aliphatic rings. The van der Waals surface area contributed by atoms with E-state index >= 15 is 0 Å². The third-order valence-corrected chi connectivity index (χ3v) is 3.03. The van der Waals surface area contributed by atoms with Gasteiger partial charge in [0.1, 0.15) is 6.07 Å². The van der Waals surface area contributed by atoms with Gasteiger partial charge in [-0.15, -0.1) is 0 Å². The van der Waals surface area contributed by atoms with Gasteiger partial charge in [-0.2, -0.15) is 5.26 Å². The third kappa shape index (κ3) is 3.33. The Balaban J connectivity index is 2.33. The van der Waals surface area contributed by atoms with E-state index in [9.17, 15) is 14.4 Å². The zero-order valence-corrected chi connectivity index (χ0v) is 11.6. The highest BCUT2D eigenvalue weighted by Crippen LogP contribution is 2.17. The number of carboxylic acid groups (broad SMARTS) is 2. The first-order valence-corrected chi connectivity index (χ1v) is 6.35. The second-order valence-electron chi connectivity index (χ2n) is 4.48. The third-order valence-electron chi connectivity index (χ3n) is 3.03. The molecule has 1 amide bonds. The second kappa shape index (κ2) is 6.41. The lowest BCUT2D eigenvalue weighted by atomic mass is 10.1. The summed E-state index contributed by atoms with van der Waals surface area (Å²) in [5.74, 6) is -3.17. The zero-order chi connectivity index (χ0) is 17.0. The molecule has 0 aromatic heterocycles. The van der Waals surface area contributed by atoms with Crippen molar-refractivity contribution in [2.45, 2.75) is 0 Å². The van der Waals surface area contributed by atoms with Gasteiger partial charge in [0.2, 0.25) is 0 Å². The minimum Gasteiger partial charge on any atom is -0.478 e. The molecule has 0 spiro atoms. The van der Waals surface area contributed by atoms with Gasteiger partial charge in [-0.25, -0.2) is 9.59 Å². The standard InChI is InChI=1S/C16H10N2O5/c17-8-9-7-10(5-6-11(9)15(20)21)18-14(19)12-3-1-2-4-13(12)16(22)23/h1-7H,(H,18,19)(H,20,21)(H,22,23). The van der Waals surface area contributed by atoms with Crippen LogP contribution in [0.3, 0.4) is 0 Å². The number of nitriles is 1. The molecule has 0 bridgehead atoms. The van der Waals surface area contributed by atoms with Crippen molar-refractivity contribution in [1.82, 2.24) is 0 Å². The number of benzene rings is 2. The van der Waals surface area contributed by atoms with E-state index in [2.05, 4.69) is 5.32 Å². The van der Waals surface area contributed by atoms with Gasteiger partial charge in [-0.1, -0.05) is 12.1 Å². The minimum absolute atomic E-state index is 0.0409. The van der Waals surface area contributed by atoms with Gasteiger partial charge < -0.3 is 15.5 Å². The Kier molecular flexibility index (Phi) is 4.38. The molecule has 0 fully saturated rings. The number of hydrogen-bond donors (Lipinski definition) is 3. The molecule has 0 radical (unpaired) electrons. The number of amides is 1. The quantitative estimate of drug-likeness (QED) is 0.794. The number of nitrogens with one attached hydrogen (secondary N) is 1. The van der Waals surface area contributed by atoms with Crippen molar-refractivity contribution in [1.29, 1.82) is 5.26 Å². The molecule has 0 atom stereocenters. The number of anilines is 1. The average Bonchev–Trinajstić information content (AvgIpc) is 2.54. The molecule has 2 rings (SSSR count). The monoisotopic (exact) mass is 310 g/mol. The van der Waals surface area contributed by atoms with Crippen LogP contribution < -0.4 is 5.32 Å². The van der Waals surface area contributed by atoms with E-state index in [0.717, 1.165) is 0 Å². The first-order chi connectivity index (χ1) is 10.9. The number of rotatable bonds is 4. The van der Waals surface area contributed by atoms with E-state index in [1.165, 1.54) is 42.5 Å². The predicted molar refractivity (Wildman–Crippen MR) is 79.5 cm³/mol. The van der Waals surface area contributed by atoms with Crippen LogP contribution >= 0.6 is 0 Å². The number of aromatic carboxylic acids is 2. The van der Waals surface area contributed by atoms with E-state index in [1.807, 2.05) is 0 Å². The van der Waals surface area contributed by atoms with Crippen LogP contribution in [0.15, 0.2) is 42.5 Å². The molecule has 0 saturated heterocycles. The molecule has 3 N–H and O–H groups in total. The molecule has 114 valence electrons. The van der Waals surface area contributed by atoms with Crippen molar-refractivity contribution < 1.29 is 24.6 Å². The van der Waals surface area contributed by atoms with Crippen LogP contribution in [0.1, 0.15) is 36.6 Å². The molecule has 7 heteroatoms.